The first kappa shape index (κ1) is 13.9. The lowest BCUT2D eigenvalue weighted by molar-refractivity contribution is 0.0731. The second kappa shape index (κ2) is 4.48. The predicted molar refractivity (Wildman–Crippen MR) is 82.1 cm³/mol. The summed E-state index contributed by atoms with van der Waals surface area (Å²) in [6.45, 7) is 9.09. The van der Waals surface area contributed by atoms with E-state index < -0.39 is 0 Å². The Morgan fingerprint density at radius 3 is 2.47 bits per heavy atom. The molecule has 0 aromatic heterocycles. The van der Waals surface area contributed by atoms with Gasteiger partial charge in [0.05, 0.1) is 0 Å². The van der Waals surface area contributed by atoms with Crippen molar-refractivity contribution in [2.24, 2.45) is 34.5 Å². The fourth-order valence-electron chi connectivity index (χ4n) is 6.51. The highest BCUT2D eigenvalue weighted by atomic mass is 15.0. The quantitative estimate of drug-likeness (QED) is 0.728. The average Bonchev–Trinajstić information content (AvgIpc) is 2.78. The second-order valence-corrected chi connectivity index (χ2v) is 8.92. The molecule has 3 saturated carbocycles. The minimum absolute atomic E-state index is 0.608. The van der Waals surface area contributed by atoms with Crippen LogP contribution in [0.3, 0.4) is 0 Å². The Labute approximate surface area is 120 Å². The Morgan fingerprint density at radius 2 is 1.79 bits per heavy atom. The summed E-state index contributed by atoms with van der Waals surface area (Å²) in [5.74, 6) is 4.14. The van der Waals surface area contributed by atoms with Crippen LogP contribution >= 0.6 is 0 Å². The van der Waals surface area contributed by atoms with E-state index in [1.54, 1.807) is 0 Å². The molecule has 0 N–H and O–H groups in total. The molecule has 0 aromatic carbocycles. The molecule has 0 spiro atoms. The van der Waals surface area contributed by atoms with E-state index in [0.717, 1.165) is 23.7 Å². The summed E-state index contributed by atoms with van der Waals surface area (Å²) in [5, 5.41) is 0. The summed E-state index contributed by atoms with van der Waals surface area (Å²) in [4.78, 5) is 2.39. The maximum Gasteiger partial charge on any atom is -0.00219 e. The van der Waals surface area contributed by atoms with E-state index in [1.165, 1.54) is 45.1 Å². The minimum Gasteiger partial charge on any atom is -0.309 e. The van der Waals surface area contributed by atoms with E-state index in [9.17, 15) is 0 Å². The summed E-state index contributed by atoms with van der Waals surface area (Å²) in [7, 11) is 4.47. The summed E-state index contributed by atoms with van der Waals surface area (Å²) in [5.41, 5.74) is 1.29. The van der Waals surface area contributed by atoms with E-state index in [1.807, 2.05) is 0 Å². The molecule has 110 valence electrons. The van der Waals surface area contributed by atoms with Gasteiger partial charge < -0.3 is 4.90 Å². The lowest BCUT2D eigenvalue weighted by Crippen LogP contribution is -2.35. The van der Waals surface area contributed by atoms with E-state index in [4.69, 9.17) is 0 Å². The molecule has 1 heteroatoms. The van der Waals surface area contributed by atoms with Crippen LogP contribution in [0.2, 0.25) is 0 Å². The van der Waals surface area contributed by atoms with Crippen LogP contribution in [-0.4, -0.2) is 25.5 Å². The lowest BCUT2D eigenvalue weighted by Gasteiger charge is -2.42. The average molecular weight is 263 g/mol. The minimum atomic E-state index is 0.608. The number of hydrogen-bond donors (Lipinski definition) is 0. The van der Waals surface area contributed by atoms with Crippen LogP contribution in [0.15, 0.2) is 0 Å². The molecule has 3 aliphatic rings. The van der Waals surface area contributed by atoms with Crippen molar-refractivity contribution in [1.29, 1.82) is 0 Å². The summed E-state index contributed by atoms with van der Waals surface area (Å²) >= 11 is 0. The fourth-order valence-corrected chi connectivity index (χ4v) is 6.51. The van der Waals surface area contributed by atoms with Gasteiger partial charge in [0.15, 0.2) is 0 Å². The standard InChI is InChI=1S/C18H33N/c1-17(2)10-6-11-18(3)14(9-12-19(4)5)13-7-8-15(18)16(13)17/h13-16H,6-12H2,1-5H3/t13-,14+,15-,16-,18-/m1/s1. The first-order chi connectivity index (χ1) is 8.86. The van der Waals surface area contributed by atoms with Crippen molar-refractivity contribution in [3.63, 3.8) is 0 Å². The third-order valence-electron chi connectivity index (χ3n) is 7.24. The van der Waals surface area contributed by atoms with E-state index in [2.05, 4.69) is 39.8 Å². The normalized spacial score (nSPS) is 47.7. The fraction of sp³-hybridized carbons (Fsp3) is 1.00. The largest absolute Gasteiger partial charge is 0.309 e. The molecule has 0 heterocycles. The van der Waals surface area contributed by atoms with Crippen LogP contribution in [0.1, 0.15) is 59.3 Å². The van der Waals surface area contributed by atoms with Gasteiger partial charge in [-0.2, -0.15) is 0 Å². The van der Waals surface area contributed by atoms with Crippen LogP contribution in [-0.2, 0) is 0 Å². The lowest BCUT2D eigenvalue weighted by atomic mass is 9.63. The van der Waals surface area contributed by atoms with E-state index in [0.29, 0.717) is 10.8 Å². The van der Waals surface area contributed by atoms with Crippen LogP contribution in [0, 0.1) is 34.5 Å². The molecular formula is C18H33N. The highest BCUT2D eigenvalue weighted by molar-refractivity contribution is 5.12. The number of hydrogen-bond acceptors (Lipinski definition) is 1. The predicted octanol–water partition coefficient (Wildman–Crippen LogP) is 4.43. The summed E-state index contributed by atoms with van der Waals surface area (Å²) in [6, 6.07) is 0. The van der Waals surface area contributed by atoms with Crippen LogP contribution in [0.25, 0.3) is 0 Å². The third kappa shape index (κ3) is 1.99. The maximum atomic E-state index is 2.66. The van der Waals surface area contributed by atoms with Gasteiger partial charge in [0, 0.05) is 0 Å². The Bertz CT molecular complexity index is 346. The monoisotopic (exact) mass is 263 g/mol. The molecule has 0 saturated heterocycles. The third-order valence-corrected chi connectivity index (χ3v) is 7.24. The van der Waals surface area contributed by atoms with Crippen molar-refractivity contribution in [1.82, 2.24) is 4.90 Å². The highest BCUT2D eigenvalue weighted by Crippen LogP contribution is 2.71. The van der Waals surface area contributed by atoms with Crippen molar-refractivity contribution >= 4 is 0 Å². The van der Waals surface area contributed by atoms with Crippen LogP contribution in [0.4, 0.5) is 0 Å². The van der Waals surface area contributed by atoms with Gasteiger partial charge >= 0.3 is 0 Å². The zero-order valence-corrected chi connectivity index (χ0v) is 13.7. The Balaban J connectivity index is 1.88. The molecular weight excluding hydrogens is 230 g/mol. The van der Waals surface area contributed by atoms with Gasteiger partial charge in [-0.05, 0) is 87.2 Å². The molecule has 4 bridgehead atoms. The highest BCUT2D eigenvalue weighted by Gasteiger charge is 2.64. The molecule has 3 rings (SSSR count). The smallest absolute Gasteiger partial charge is 0.00219 e. The zero-order chi connectivity index (χ0) is 13.8. The van der Waals surface area contributed by atoms with Crippen molar-refractivity contribution in [2.45, 2.75) is 59.3 Å². The van der Waals surface area contributed by atoms with Gasteiger partial charge in [-0.15, -0.1) is 0 Å². The molecule has 0 aromatic rings. The summed E-state index contributed by atoms with van der Waals surface area (Å²) < 4.78 is 0. The van der Waals surface area contributed by atoms with Crippen LogP contribution < -0.4 is 0 Å². The molecule has 0 unspecified atom stereocenters. The van der Waals surface area contributed by atoms with Gasteiger partial charge in [0.2, 0.25) is 0 Å². The SMILES string of the molecule is CN(C)CC[C@H]1[C@H]2CC[C@@H]3[C@@H]2C(C)(C)CCC[C@@]31C. The first-order valence-electron chi connectivity index (χ1n) is 8.51. The van der Waals surface area contributed by atoms with Crippen molar-refractivity contribution in [3.05, 3.63) is 0 Å². The van der Waals surface area contributed by atoms with Gasteiger partial charge in [-0.3, -0.25) is 0 Å². The number of nitrogens with zero attached hydrogens (tertiary/aromatic N) is 1. The van der Waals surface area contributed by atoms with Gasteiger partial charge in [0.1, 0.15) is 0 Å². The van der Waals surface area contributed by atoms with Crippen molar-refractivity contribution < 1.29 is 0 Å². The zero-order valence-electron chi connectivity index (χ0n) is 13.7. The van der Waals surface area contributed by atoms with Crippen molar-refractivity contribution in [3.8, 4) is 0 Å². The molecule has 0 radical (unpaired) electrons. The molecule has 0 aliphatic heterocycles. The Kier molecular flexibility index (Phi) is 3.28. The van der Waals surface area contributed by atoms with Crippen LogP contribution in [0.5, 0.6) is 0 Å². The van der Waals surface area contributed by atoms with Gasteiger partial charge in [0.25, 0.3) is 0 Å². The van der Waals surface area contributed by atoms with Gasteiger partial charge in [-0.1, -0.05) is 27.2 Å². The topological polar surface area (TPSA) is 3.24 Å². The molecule has 0 amide bonds. The molecule has 5 atom stereocenters. The Hall–Kier alpha value is -0.0400. The molecule has 3 aliphatic carbocycles. The van der Waals surface area contributed by atoms with Gasteiger partial charge in [-0.25, -0.2) is 0 Å². The number of rotatable bonds is 3. The first-order valence-corrected chi connectivity index (χ1v) is 8.51. The van der Waals surface area contributed by atoms with E-state index >= 15 is 0 Å². The Morgan fingerprint density at radius 1 is 1.05 bits per heavy atom. The van der Waals surface area contributed by atoms with E-state index in [-0.39, 0.29) is 0 Å². The second-order valence-electron chi connectivity index (χ2n) is 8.92. The molecule has 19 heavy (non-hydrogen) atoms. The maximum absolute atomic E-state index is 2.66. The summed E-state index contributed by atoms with van der Waals surface area (Å²) in [6.07, 6.45) is 8.96. The molecule has 3 fully saturated rings. The molecule has 1 nitrogen and oxygen atoms in total. The van der Waals surface area contributed by atoms with Crippen molar-refractivity contribution in [2.75, 3.05) is 20.6 Å².